The van der Waals surface area contributed by atoms with Crippen molar-refractivity contribution in [1.82, 2.24) is 9.55 Å². The van der Waals surface area contributed by atoms with Gasteiger partial charge in [0.25, 0.3) is 11.2 Å². The molecular weight excluding hydrogens is 398 g/mol. The number of hydrogen-bond donors (Lipinski definition) is 0. The van der Waals surface area contributed by atoms with Crippen LogP contribution in [-0.4, -0.2) is 27.6 Å². The molecule has 8 heteroatoms. The molecule has 0 saturated heterocycles. The number of carbonyl (C=O) groups is 1. The number of nitrogens with zero attached hydrogens (tertiary/aromatic N) is 3. The number of hydrogen-bond acceptors (Lipinski definition) is 6. The van der Waals surface area contributed by atoms with Crippen molar-refractivity contribution in [2.24, 2.45) is 0 Å². The molecule has 154 valence electrons. The van der Waals surface area contributed by atoms with Crippen LogP contribution in [0.4, 0.5) is 5.69 Å². The maximum Gasteiger partial charge on any atom is 0.337 e. The number of benzene rings is 3. The molecule has 0 aliphatic rings. The van der Waals surface area contributed by atoms with Crippen LogP contribution in [0.25, 0.3) is 22.3 Å². The highest BCUT2D eigenvalue weighted by atomic mass is 16.6. The Hall–Kier alpha value is -4.33. The maximum absolute atomic E-state index is 13.5. The molecule has 0 bridgehead atoms. The molecule has 0 aliphatic heterocycles. The first kappa shape index (κ1) is 20.0. The Morgan fingerprint density at radius 1 is 1.06 bits per heavy atom. The summed E-state index contributed by atoms with van der Waals surface area (Å²) in [7, 11) is 1.21. The van der Waals surface area contributed by atoms with Gasteiger partial charge >= 0.3 is 5.97 Å². The summed E-state index contributed by atoms with van der Waals surface area (Å²) < 4.78 is 6.25. The van der Waals surface area contributed by atoms with E-state index in [1.807, 2.05) is 30.3 Å². The Morgan fingerprint density at radius 2 is 1.77 bits per heavy atom. The quantitative estimate of drug-likeness (QED) is 0.279. The molecule has 0 amide bonds. The third-order valence-electron chi connectivity index (χ3n) is 4.91. The molecule has 0 aliphatic carbocycles. The van der Waals surface area contributed by atoms with E-state index in [2.05, 4.69) is 4.98 Å². The lowest BCUT2D eigenvalue weighted by atomic mass is 10.0. The van der Waals surface area contributed by atoms with Crippen LogP contribution in [0.1, 0.15) is 15.9 Å². The average Bonchev–Trinajstić information content (AvgIpc) is 2.80. The molecule has 1 aromatic heterocycles. The van der Waals surface area contributed by atoms with Crippen molar-refractivity contribution in [3.63, 3.8) is 0 Å². The van der Waals surface area contributed by atoms with Gasteiger partial charge in [0.15, 0.2) is 0 Å². The number of para-hydroxylation sites is 2. The van der Waals surface area contributed by atoms with E-state index >= 15 is 0 Å². The van der Waals surface area contributed by atoms with Crippen molar-refractivity contribution in [2.75, 3.05) is 7.11 Å². The number of aromatic nitrogens is 2. The summed E-state index contributed by atoms with van der Waals surface area (Å²) >= 11 is 0. The summed E-state index contributed by atoms with van der Waals surface area (Å²) in [4.78, 5) is 40.9. The van der Waals surface area contributed by atoms with Crippen LogP contribution in [0.2, 0.25) is 0 Å². The van der Waals surface area contributed by atoms with E-state index in [0.29, 0.717) is 11.0 Å². The van der Waals surface area contributed by atoms with E-state index < -0.39 is 16.5 Å². The van der Waals surface area contributed by atoms with Gasteiger partial charge in [-0.25, -0.2) is 9.78 Å². The Labute approximate surface area is 176 Å². The van der Waals surface area contributed by atoms with Gasteiger partial charge in [-0.05, 0) is 29.8 Å². The zero-order chi connectivity index (χ0) is 22.0. The van der Waals surface area contributed by atoms with E-state index in [9.17, 15) is 19.7 Å². The van der Waals surface area contributed by atoms with Crippen molar-refractivity contribution in [2.45, 2.75) is 6.54 Å². The Kier molecular flexibility index (Phi) is 5.28. The predicted octanol–water partition coefficient (Wildman–Crippen LogP) is 3.81. The lowest BCUT2D eigenvalue weighted by Crippen LogP contribution is -2.24. The smallest absolute Gasteiger partial charge is 0.337 e. The Balaban J connectivity index is 2.01. The van der Waals surface area contributed by atoms with E-state index in [1.54, 1.807) is 24.3 Å². The molecule has 4 aromatic rings. The minimum absolute atomic E-state index is 0.0366. The van der Waals surface area contributed by atoms with Crippen molar-refractivity contribution in [1.29, 1.82) is 0 Å². The lowest BCUT2D eigenvalue weighted by molar-refractivity contribution is -0.384. The van der Waals surface area contributed by atoms with E-state index in [0.717, 1.165) is 5.56 Å². The molecule has 0 radical (unpaired) electrons. The predicted molar refractivity (Wildman–Crippen MR) is 115 cm³/mol. The standard InChI is InChI=1S/C23H17N3O5/c1-31-23(28)16-11-12-19(26(29)30)17(13-16)21-22(27)25(14-15-7-3-2-4-8-15)20-10-6-5-9-18(20)24-21/h2-13H,14H2,1H3. The zero-order valence-corrected chi connectivity index (χ0v) is 16.5. The average molecular weight is 415 g/mol. The van der Waals surface area contributed by atoms with Crippen LogP contribution < -0.4 is 5.56 Å². The van der Waals surface area contributed by atoms with Gasteiger partial charge < -0.3 is 9.30 Å². The molecule has 3 aromatic carbocycles. The second kappa shape index (κ2) is 8.19. The van der Waals surface area contributed by atoms with E-state index in [-0.39, 0.29) is 29.1 Å². The molecule has 0 N–H and O–H groups in total. The molecule has 0 saturated carbocycles. The molecule has 31 heavy (non-hydrogen) atoms. The van der Waals surface area contributed by atoms with Crippen molar-refractivity contribution >= 4 is 22.7 Å². The van der Waals surface area contributed by atoms with Crippen LogP contribution in [0.15, 0.2) is 77.6 Å². The number of methoxy groups -OCH3 is 1. The highest BCUT2D eigenvalue weighted by molar-refractivity contribution is 5.92. The highest BCUT2D eigenvalue weighted by Crippen LogP contribution is 2.29. The van der Waals surface area contributed by atoms with Gasteiger partial charge in [-0.2, -0.15) is 0 Å². The maximum atomic E-state index is 13.5. The van der Waals surface area contributed by atoms with Crippen LogP contribution in [0.3, 0.4) is 0 Å². The summed E-state index contributed by atoms with van der Waals surface area (Å²) in [5.74, 6) is -0.665. The fourth-order valence-electron chi connectivity index (χ4n) is 3.42. The molecule has 8 nitrogen and oxygen atoms in total. The number of nitro groups is 1. The molecule has 1 heterocycles. The summed E-state index contributed by atoms with van der Waals surface area (Å²) in [6.45, 7) is 0.264. The minimum atomic E-state index is -0.665. The van der Waals surface area contributed by atoms with Gasteiger partial charge in [0, 0.05) is 6.07 Å². The van der Waals surface area contributed by atoms with Crippen LogP contribution >= 0.6 is 0 Å². The Bertz CT molecular complexity index is 1360. The molecule has 0 spiro atoms. The van der Waals surface area contributed by atoms with Crippen LogP contribution in [0.5, 0.6) is 0 Å². The van der Waals surface area contributed by atoms with E-state index in [4.69, 9.17) is 4.74 Å². The van der Waals surface area contributed by atoms with Crippen molar-refractivity contribution in [3.8, 4) is 11.3 Å². The second-order valence-corrected chi connectivity index (χ2v) is 6.81. The monoisotopic (exact) mass is 415 g/mol. The summed E-state index contributed by atoms with van der Waals surface area (Å²) in [6, 6.07) is 20.2. The van der Waals surface area contributed by atoms with Crippen molar-refractivity contribution in [3.05, 3.63) is 104 Å². The fraction of sp³-hybridized carbons (Fsp3) is 0.0870. The topological polar surface area (TPSA) is 104 Å². The normalized spacial score (nSPS) is 10.7. The summed E-state index contributed by atoms with van der Waals surface area (Å²) in [6.07, 6.45) is 0. The van der Waals surface area contributed by atoms with Crippen LogP contribution in [-0.2, 0) is 11.3 Å². The third kappa shape index (κ3) is 3.78. The number of fused-ring (bicyclic) bond motifs is 1. The van der Waals surface area contributed by atoms with Gasteiger partial charge in [0.2, 0.25) is 0 Å². The first-order chi connectivity index (χ1) is 15.0. The SMILES string of the molecule is COC(=O)c1ccc([N+](=O)[O-])c(-c2nc3ccccc3n(Cc3ccccc3)c2=O)c1. The lowest BCUT2D eigenvalue weighted by Gasteiger charge is -2.13. The molecule has 0 atom stereocenters. The molecule has 0 fully saturated rings. The van der Waals surface area contributed by atoms with Gasteiger partial charge in [-0.1, -0.05) is 42.5 Å². The number of ether oxygens (including phenoxy) is 1. The highest BCUT2D eigenvalue weighted by Gasteiger charge is 2.23. The Morgan fingerprint density at radius 3 is 2.48 bits per heavy atom. The number of rotatable bonds is 5. The summed E-state index contributed by atoms with van der Waals surface area (Å²) in [5, 5.41) is 11.6. The van der Waals surface area contributed by atoms with Crippen LogP contribution in [0, 0.1) is 10.1 Å². The summed E-state index contributed by atoms with van der Waals surface area (Å²) in [5.41, 5.74) is 1.14. The third-order valence-corrected chi connectivity index (χ3v) is 4.91. The first-order valence-corrected chi connectivity index (χ1v) is 9.40. The minimum Gasteiger partial charge on any atom is -0.465 e. The molecule has 0 unspecified atom stereocenters. The van der Waals surface area contributed by atoms with Crippen molar-refractivity contribution < 1.29 is 14.5 Å². The second-order valence-electron chi connectivity index (χ2n) is 6.81. The molecule has 4 rings (SSSR count). The zero-order valence-electron chi connectivity index (χ0n) is 16.5. The fourth-order valence-corrected chi connectivity index (χ4v) is 3.42. The van der Waals surface area contributed by atoms with Gasteiger partial charge in [-0.15, -0.1) is 0 Å². The number of esters is 1. The van der Waals surface area contributed by atoms with E-state index in [1.165, 1.54) is 29.9 Å². The van der Waals surface area contributed by atoms with Gasteiger partial charge in [0.05, 0.1) is 40.7 Å². The largest absolute Gasteiger partial charge is 0.465 e. The number of nitro benzene ring substituents is 1. The first-order valence-electron chi connectivity index (χ1n) is 9.40. The molecular formula is C23H17N3O5. The van der Waals surface area contributed by atoms with Gasteiger partial charge in [0.1, 0.15) is 5.69 Å². The van der Waals surface area contributed by atoms with Gasteiger partial charge in [-0.3, -0.25) is 14.9 Å². The number of carbonyl (C=O) groups excluding carboxylic acids is 1.